The van der Waals surface area contributed by atoms with Crippen molar-refractivity contribution in [3.05, 3.63) is 84.4 Å². The lowest BCUT2D eigenvalue weighted by Gasteiger charge is -2.11. The molecule has 0 fully saturated rings. The summed E-state index contributed by atoms with van der Waals surface area (Å²) in [5, 5.41) is 12.2. The van der Waals surface area contributed by atoms with E-state index in [-0.39, 0.29) is 10.8 Å². The predicted octanol–water partition coefficient (Wildman–Crippen LogP) is 5.35. The van der Waals surface area contributed by atoms with Crippen LogP contribution in [0.3, 0.4) is 0 Å². The minimum Gasteiger partial charge on any atom is -0.494 e. The molecule has 1 amide bonds. The van der Waals surface area contributed by atoms with Crippen molar-refractivity contribution in [2.75, 3.05) is 18.2 Å². The number of rotatable bonds is 6. The summed E-state index contributed by atoms with van der Waals surface area (Å²) in [5.41, 5.74) is 8.11. The summed E-state index contributed by atoms with van der Waals surface area (Å²) >= 11 is 0. The first kappa shape index (κ1) is 22.9. The lowest BCUT2D eigenvalue weighted by molar-refractivity contribution is 0.102. The molecule has 0 heterocycles. The largest absolute Gasteiger partial charge is 0.494 e. The van der Waals surface area contributed by atoms with Gasteiger partial charge in [0, 0.05) is 22.7 Å². The molecule has 4 N–H and O–H groups in total. The quantitative estimate of drug-likeness (QED) is 0.195. The van der Waals surface area contributed by atoms with Crippen molar-refractivity contribution in [3.63, 3.8) is 0 Å². The highest BCUT2D eigenvalue weighted by Crippen LogP contribution is 2.32. The number of azo groups is 1. The standard InChI is InChI=1S/C24H20N4O5S/c1-33-22-14-19(10-12-21(22)26-24(29)15-5-7-17(25)8-6-15)28-27-18-9-11-20-16(13-18)3-2-4-23(20)34(30,31)32/h2-14H,25H2,1H3,(H,26,29)(H,30,31,32). The molecular weight excluding hydrogens is 456 g/mol. The molecule has 4 rings (SSSR count). The Balaban J connectivity index is 1.56. The fourth-order valence-corrected chi connectivity index (χ4v) is 4.03. The summed E-state index contributed by atoms with van der Waals surface area (Å²) in [4.78, 5) is 12.3. The molecule has 0 atom stereocenters. The third-order valence-corrected chi connectivity index (χ3v) is 5.90. The number of anilines is 2. The smallest absolute Gasteiger partial charge is 0.295 e. The molecule has 0 saturated carbocycles. The van der Waals surface area contributed by atoms with Crippen molar-refractivity contribution in [2.24, 2.45) is 10.2 Å². The maximum absolute atomic E-state index is 12.5. The van der Waals surface area contributed by atoms with Crippen molar-refractivity contribution in [3.8, 4) is 5.75 Å². The average Bonchev–Trinajstić information content (AvgIpc) is 2.82. The zero-order valence-electron chi connectivity index (χ0n) is 18.0. The molecule has 0 aliphatic rings. The van der Waals surface area contributed by atoms with Gasteiger partial charge in [0.15, 0.2) is 0 Å². The number of methoxy groups -OCH3 is 1. The topological polar surface area (TPSA) is 143 Å². The molecule has 0 unspecified atom stereocenters. The molecule has 0 spiro atoms. The van der Waals surface area contributed by atoms with Gasteiger partial charge in [-0.1, -0.05) is 18.2 Å². The number of carbonyl (C=O) groups is 1. The Bertz CT molecular complexity index is 1520. The van der Waals surface area contributed by atoms with Gasteiger partial charge in [-0.3, -0.25) is 9.35 Å². The maximum atomic E-state index is 12.5. The van der Waals surface area contributed by atoms with Crippen LogP contribution in [0, 0.1) is 0 Å². The van der Waals surface area contributed by atoms with Crippen LogP contribution < -0.4 is 15.8 Å². The second-order valence-corrected chi connectivity index (χ2v) is 8.69. The van der Waals surface area contributed by atoms with Crippen LogP contribution in [0.25, 0.3) is 10.8 Å². The average molecular weight is 477 g/mol. The van der Waals surface area contributed by atoms with E-state index in [1.807, 2.05) is 0 Å². The third kappa shape index (κ3) is 5.03. The Morgan fingerprint density at radius 1 is 0.941 bits per heavy atom. The van der Waals surface area contributed by atoms with E-state index in [1.165, 1.54) is 19.2 Å². The molecular formula is C24H20N4O5S. The van der Waals surface area contributed by atoms with Gasteiger partial charge in [0.1, 0.15) is 10.6 Å². The maximum Gasteiger partial charge on any atom is 0.295 e. The van der Waals surface area contributed by atoms with Crippen LogP contribution in [-0.2, 0) is 10.1 Å². The van der Waals surface area contributed by atoms with Crippen LogP contribution >= 0.6 is 0 Å². The van der Waals surface area contributed by atoms with Crippen molar-refractivity contribution in [1.29, 1.82) is 0 Å². The molecule has 0 bridgehead atoms. The number of nitrogen functional groups attached to an aromatic ring is 1. The first-order chi connectivity index (χ1) is 16.2. The molecule has 9 nitrogen and oxygen atoms in total. The highest BCUT2D eigenvalue weighted by Gasteiger charge is 2.14. The zero-order chi connectivity index (χ0) is 24.3. The van der Waals surface area contributed by atoms with Gasteiger partial charge in [0.25, 0.3) is 16.0 Å². The Labute approximate surface area is 195 Å². The lowest BCUT2D eigenvalue weighted by Crippen LogP contribution is -2.12. The van der Waals surface area contributed by atoms with Crippen LogP contribution in [-0.4, -0.2) is 26.0 Å². The second-order valence-electron chi connectivity index (χ2n) is 7.30. The van der Waals surface area contributed by atoms with Crippen LogP contribution in [0.5, 0.6) is 5.75 Å². The summed E-state index contributed by atoms with van der Waals surface area (Å²) in [6.45, 7) is 0. The van der Waals surface area contributed by atoms with Crippen molar-refractivity contribution < 1.29 is 22.5 Å². The minimum absolute atomic E-state index is 0.171. The Morgan fingerprint density at radius 3 is 2.29 bits per heavy atom. The SMILES string of the molecule is COc1cc(N=Nc2ccc3c(S(=O)(=O)O)cccc3c2)ccc1NC(=O)c1ccc(N)cc1. The summed E-state index contributed by atoms with van der Waals surface area (Å²) in [6.07, 6.45) is 0. The first-order valence-corrected chi connectivity index (χ1v) is 11.5. The van der Waals surface area contributed by atoms with Crippen LogP contribution in [0.4, 0.5) is 22.7 Å². The number of nitrogens with one attached hydrogen (secondary N) is 1. The molecule has 0 saturated heterocycles. The third-order valence-electron chi connectivity index (χ3n) is 4.99. The molecule has 4 aromatic rings. The second kappa shape index (κ2) is 9.30. The molecule has 0 aliphatic heterocycles. The summed E-state index contributed by atoms with van der Waals surface area (Å²) in [6, 6.07) is 20.9. The monoisotopic (exact) mass is 476 g/mol. The first-order valence-electron chi connectivity index (χ1n) is 10.0. The van der Waals surface area contributed by atoms with Crippen molar-refractivity contribution in [1.82, 2.24) is 0 Å². The number of benzene rings is 4. The van der Waals surface area contributed by atoms with E-state index < -0.39 is 10.1 Å². The summed E-state index contributed by atoms with van der Waals surface area (Å²) < 4.78 is 37.9. The van der Waals surface area contributed by atoms with E-state index in [0.29, 0.717) is 44.8 Å². The number of nitrogens with zero attached hydrogens (tertiary/aromatic N) is 2. The van der Waals surface area contributed by atoms with Crippen LogP contribution in [0.15, 0.2) is 94.0 Å². The molecule has 0 radical (unpaired) electrons. The number of fused-ring (bicyclic) bond motifs is 1. The fourth-order valence-electron chi connectivity index (χ4n) is 3.32. The molecule has 4 aromatic carbocycles. The van der Waals surface area contributed by atoms with Crippen molar-refractivity contribution >= 4 is 49.5 Å². The van der Waals surface area contributed by atoms with Gasteiger partial charge in [0.2, 0.25) is 0 Å². The minimum atomic E-state index is -4.34. The van der Waals surface area contributed by atoms with E-state index in [1.54, 1.807) is 66.7 Å². The summed E-state index contributed by atoms with van der Waals surface area (Å²) in [7, 11) is -2.86. The van der Waals surface area contributed by atoms with E-state index in [0.717, 1.165) is 0 Å². The predicted molar refractivity (Wildman–Crippen MR) is 130 cm³/mol. The Morgan fingerprint density at radius 2 is 1.62 bits per heavy atom. The van der Waals surface area contributed by atoms with Gasteiger partial charge < -0.3 is 15.8 Å². The van der Waals surface area contributed by atoms with Crippen molar-refractivity contribution in [2.45, 2.75) is 4.90 Å². The van der Waals surface area contributed by atoms with E-state index in [4.69, 9.17) is 10.5 Å². The zero-order valence-corrected chi connectivity index (χ0v) is 18.8. The van der Waals surface area contributed by atoms with Gasteiger partial charge in [-0.05, 0) is 60.0 Å². The number of ether oxygens (including phenoxy) is 1. The summed E-state index contributed by atoms with van der Waals surface area (Å²) in [5.74, 6) is 0.0876. The number of hydrogen-bond donors (Lipinski definition) is 3. The van der Waals surface area contributed by atoms with Gasteiger partial charge >= 0.3 is 0 Å². The molecule has 0 aromatic heterocycles. The van der Waals surface area contributed by atoms with Gasteiger partial charge in [0.05, 0.1) is 24.2 Å². The number of nitrogens with two attached hydrogens (primary N) is 1. The van der Waals surface area contributed by atoms with E-state index in [9.17, 15) is 17.8 Å². The molecule has 0 aliphatic carbocycles. The number of hydrogen-bond acceptors (Lipinski definition) is 7. The number of amides is 1. The van der Waals surface area contributed by atoms with Gasteiger partial charge in [-0.2, -0.15) is 18.6 Å². The van der Waals surface area contributed by atoms with Crippen LogP contribution in [0.1, 0.15) is 10.4 Å². The lowest BCUT2D eigenvalue weighted by atomic mass is 10.1. The fraction of sp³-hybridized carbons (Fsp3) is 0.0417. The molecule has 10 heteroatoms. The van der Waals surface area contributed by atoms with E-state index >= 15 is 0 Å². The van der Waals surface area contributed by atoms with E-state index in [2.05, 4.69) is 15.5 Å². The number of carbonyl (C=O) groups excluding carboxylic acids is 1. The van der Waals surface area contributed by atoms with Gasteiger partial charge in [-0.15, -0.1) is 0 Å². The van der Waals surface area contributed by atoms with Gasteiger partial charge in [-0.25, -0.2) is 0 Å². The Kier molecular flexibility index (Phi) is 6.26. The molecule has 34 heavy (non-hydrogen) atoms. The normalized spacial score (nSPS) is 11.6. The highest BCUT2D eigenvalue weighted by atomic mass is 32.2. The van der Waals surface area contributed by atoms with Crippen LogP contribution in [0.2, 0.25) is 0 Å². The molecule has 172 valence electrons. The Hall–Kier alpha value is -4.28. The highest BCUT2D eigenvalue weighted by molar-refractivity contribution is 7.86.